The molecule has 0 saturated heterocycles. The number of rotatable bonds is 4. The Morgan fingerprint density at radius 1 is 1.56 bits per heavy atom. The largest absolute Gasteiger partial charge is 0.479 e. The lowest BCUT2D eigenvalue weighted by Gasteiger charge is -2.14. The number of carbonyl (C=O) groups is 1. The van der Waals surface area contributed by atoms with Crippen molar-refractivity contribution < 1.29 is 23.4 Å². The van der Waals surface area contributed by atoms with Gasteiger partial charge in [0, 0.05) is 4.47 Å². The summed E-state index contributed by atoms with van der Waals surface area (Å²) in [7, 11) is 0. The second-order valence-electron chi connectivity index (χ2n) is 3.05. The molecule has 1 atom stereocenters. The second kappa shape index (κ2) is 5.25. The smallest absolute Gasteiger partial charge is 0.344 e. The van der Waals surface area contributed by atoms with Crippen LogP contribution < -0.4 is 4.74 Å². The van der Waals surface area contributed by atoms with Gasteiger partial charge in [-0.15, -0.1) is 0 Å². The first-order chi connectivity index (χ1) is 7.45. The average Bonchev–Trinajstić information content (AvgIpc) is 2.20. The van der Waals surface area contributed by atoms with Gasteiger partial charge in [-0.25, -0.2) is 9.18 Å². The van der Waals surface area contributed by atoms with E-state index in [4.69, 9.17) is 9.84 Å². The maximum Gasteiger partial charge on any atom is 0.344 e. The molecule has 0 aliphatic carbocycles. The molecule has 0 saturated carbocycles. The van der Waals surface area contributed by atoms with Crippen molar-refractivity contribution in [2.24, 2.45) is 0 Å². The fourth-order valence-electron chi connectivity index (χ4n) is 1.08. The summed E-state index contributed by atoms with van der Waals surface area (Å²) in [6, 6.07) is 2.12. The molecule has 1 aromatic rings. The predicted octanol–water partition coefficient (Wildman–Crippen LogP) is 2.97. The third kappa shape index (κ3) is 2.91. The lowest BCUT2D eigenvalue weighted by atomic mass is 10.2. The average molecular weight is 295 g/mol. The number of carboxylic acid groups (broad SMARTS) is 1. The summed E-state index contributed by atoms with van der Waals surface area (Å²) in [5.41, 5.74) is 0. The molecule has 0 aliphatic heterocycles. The quantitative estimate of drug-likeness (QED) is 0.869. The van der Waals surface area contributed by atoms with Gasteiger partial charge in [-0.1, -0.05) is 22.9 Å². The highest BCUT2D eigenvalue weighted by Crippen LogP contribution is 2.26. The highest BCUT2D eigenvalue weighted by atomic mass is 79.9. The highest BCUT2D eigenvalue weighted by molar-refractivity contribution is 9.10. The molecule has 0 heterocycles. The monoisotopic (exact) mass is 294 g/mol. The van der Waals surface area contributed by atoms with Crippen LogP contribution in [0.1, 0.15) is 13.3 Å². The van der Waals surface area contributed by atoms with Gasteiger partial charge in [0.25, 0.3) is 0 Å². The number of hydrogen-bond donors (Lipinski definition) is 1. The van der Waals surface area contributed by atoms with Crippen LogP contribution in [0.2, 0.25) is 0 Å². The Hall–Kier alpha value is -1.17. The first kappa shape index (κ1) is 12.9. The lowest BCUT2D eigenvalue weighted by molar-refractivity contribution is -0.145. The molecular formula is C10H9BrF2O3. The number of benzene rings is 1. The zero-order chi connectivity index (χ0) is 12.3. The van der Waals surface area contributed by atoms with Crippen molar-refractivity contribution in [3.05, 3.63) is 28.2 Å². The van der Waals surface area contributed by atoms with Crippen molar-refractivity contribution >= 4 is 21.9 Å². The Kier molecular flexibility index (Phi) is 4.23. The summed E-state index contributed by atoms with van der Waals surface area (Å²) in [5.74, 6) is -3.92. The third-order valence-corrected chi connectivity index (χ3v) is 2.33. The van der Waals surface area contributed by atoms with Crippen LogP contribution in [0, 0.1) is 11.6 Å². The maximum atomic E-state index is 13.2. The lowest BCUT2D eigenvalue weighted by Crippen LogP contribution is -2.26. The number of carboxylic acids is 1. The molecule has 1 N–H and O–H groups in total. The van der Waals surface area contributed by atoms with E-state index >= 15 is 0 Å². The van der Waals surface area contributed by atoms with E-state index in [0.717, 1.165) is 6.07 Å². The van der Waals surface area contributed by atoms with Gasteiger partial charge in [-0.2, -0.15) is 4.39 Å². The van der Waals surface area contributed by atoms with Crippen molar-refractivity contribution in [1.29, 1.82) is 0 Å². The standard InChI is InChI=1S/C10H9BrF2O3/c1-2-7(10(14)15)16-8-4-5(11)3-6(12)9(8)13/h3-4,7H,2H2,1H3,(H,14,15). The van der Waals surface area contributed by atoms with Gasteiger partial charge in [0.1, 0.15) is 0 Å². The van der Waals surface area contributed by atoms with E-state index in [-0.39, 0.29) is 10.9 Å². The zero-order valence-corrected chi connectivity index (χ0v) is 9.92. The Balaban J connectivity index is 3.00. The minimum absolute atomic E-state index is 0.156. The van der Waals surface area contributed by atoms with E-state index in [9.17, 15) is 13.6 Å². The van der Waals surface area contributed by atoms with E-state index < -0.39 is 29.5 Å². The van der Waals surface area contributed by atoms with E-state index in [1.807, 2.05) is 0 Å². The fourth-order valence-corrected chi connectivity index (χ4v) is 1.49. The van der Waals surface area contributed by atoms with Gasteiger partial charge in [0.05, 0.1) is 0 Å². The number of aliphatic carboxylic acids is 1. The van der Waals surface area contributed by atoms with Gasteiger partial charge in [-0.3, -0.25) is 0 Å². The minimum Gasteiger partial charge on any atom is -0.479 e. The molecule has 0 fully saturated rings. The fraction of sp³-hybridized carbons (Fsp3) is 0.300. The molecule has 1 aromatic carbocycles. The SMILES string of the molecule is CCC(Oc1cc(Br)cc(F)c1F)C(=O)O. The van der Waals surface area contributed by atoms with Crippen LogP contribution in [0.3, 0.4) is 0 Å². The van der Waals surface area contributed by atoms with Crippen LogP contribution in [0.5, 0.6) is 5.75 Å². The Bertz CT molecular complexity index is 409. The zero-order valence-electron chi connectivity index (χ0n) is 8.34. The summed E-state index contributed by atoms with van der Waals surface area (Å²) in [5, 5.41) is 8.71. The van der Waals surface area contributed by atoms with Gasteiger partial charge in [0.2, 0.25) is 5.82 Å². The van der Waals surface area contributed by atoms with Crippen LogP contribution in [-0.2, 0) is 4.79 Å². The van der Waals surface area contributed by atoms with Gasteiger partial charge in [-0.05, 0) is 18.6 Å². The van der Waals surface area contributed by atoms with Crippen molar-refractivity contribution in [2.45, 2.75) is 19.4 Å². The van der Waals surface area contributed by atoms with Crippen LogP contribution in [-0.4, -0.2) is 17.2 Å². The summed E-state index contributed by atoms with van der Waals surface area (Å²) in [6.07, 6.45) is -1.04. The maximum absolute atomic E-state index is 13.2. The number of halogens is 3. The second-order valence-corrected chi connectivity index (χ2v) is 3.97. The van der Waals surface area contributed by atoms with Crippen LogP contribution in [0.25, 0.3) is 0 Å². The Morgan fingerprint density at radius 3 is 2.69 bits per heavy atom. The molecule has 0 bridgehead atoms. The Labute approximate surface area is 99.2 Å². The molecule has 0 amide bonds. The van der Waals surface area contributed by atoms with E-state index in [1.54, 1.807) is 6.92 Å². The molecule has 6 heteroatoms. The normalized spacial score (nSPS) is 12.2. The van der Waals surface area contributed by atoms with Crippen molar-refractivity contribution in [1.82, 2.24) is 0 Å². The number of ether oxygens (including phenoxy) is 1. The van der Waals surface area contributed by atoms with Gasteiger partial charge in [0.15, 0.2) is 17.7 Å². The summed E-state index contributed by atoms with van der Waals surface area (Å²) >= 11 is 2.96. The molecule has 16 heavy (non-hydrogen) atoms. The summed E-state index contributed by atoms with van der Waals surface area (Å²) in [4.78, 5) is 10.7. The first-order valence-electron chi connectivity index (χ1n) is 4.49. The summed E-state index contributed by atoms with van der Waals surface area (Å²) < 4.78 is 31.3. The van der Waals surface area contributed by atoms with Crippen LogP contribution >= 0.6 is 15.9 Å². The van der Waals surface area contributed by atoms with Gasteiger partial charge < -0.3 is 9.84 Å². The van der Waals surface area contributed by atoms with Crippen LogP contribution in [0.15, 0.2) is 16.6 Å². The molecule has 1 unspecified atom stereocenters. The van der Waals surface area contributed by atoms with Crippen molar-refractivity contribution in [3.8, 4) is 5.75 Å². The molecule has 0 spiro atoms. The molecule has 0 radical (unpaired) electrons. The minimum atomic E-state index is -1.22. The third-order valence-electron chi connectivity index (χ3n) is 1.88. The molecule has 3 nitrogen and oxygen atoms in total. The molecule has 0 aliphatic rings. The topological polar surface area (TPSA) is 46.5 Å². The summed E-state index contributed by atoms with van der Waals surface area (Å²) in [6.45, 7) is 1.57. The van der Waals surface area contributed by atoms with Crippen LogP contribution in [0.4, 0.5) is 8.78 Å². The van der Waals surface area contributed by atoms with E-state index in [0.29, 0.717) is 0 Å². The van der Waals surface area contributed by atoms with Crippen molar-refractivity contribution in [2.75, 3.05) is 0 Å². The van der Waals surface area contributed by atoms with E-state index in [2.05, 4.69) is 15.9 Å². The predicted molar refractivity (Wildman–Crippen MR) is 56.4 cm³/mol. The molecule has 0 aromatic heterocycles. The highest BCUT2D eigenvalue weighted by Gasteiger charge is 2.20. The molecule has 1 rings (SSSR count). The Morgan fingerprint density at radius 2 is 2.19 bits per heavy atom. The molecular weight excluding hydrogens is 286 g/mol. The van der Waals surface area contributed by atoms with E-state index in [1.165, 1.54) is 6.07 Å². The van der Waals surface area contributed by atoms with Crippen molar-refractivity contribution in [3.63, 3.8) is 0 Å². The first-order valence-corrected chi connectivity index (χ1v) is 5.29. The number of hydrogen-bond acceptors (Lipinski definition) is 2. The van der Waals surface area contributed by atoms with Gasteiger partial charge >= 0.3 is 5.97 Å². The molecule has 88 valence electrons.